The quantitative estimate of drug-likeness (QED) is 0.0758. The zero-order chi connectivity index (χ0) is 29.3. The number of aliphatic imine (C=N–C) groups is 1. The molecule has 0 spiro atoms. The number of hydrogen-bond donors (Lipinski definition) is 6. The number of nitrogens with two attached hydrogens (primary N) is 3. The third kappa shape index (κ3) is 8.64. The molecule has 1 heterocycles. The predicted octanol–water partition coefficient (Wildman–Crippen LogP) is -1.45. The molecule has 1 aromatic rings. The van der Waals surface area contributed by atoms with Crippen LogP contribution in [0.15, 0.2) is 47.2 Å². The average molecular weight is 552 g/mol. The van der Waals surface area contributed by atoms with Crippen molar-refractivity contribution in [3.05, 3.63) is 47.7 Å². The van der Waals surface area contributed by atoms with E-state index in [1.165, 1.54) is 20.1 Å². The summed E-state index contributed by atoms with van der Waals surface area (Å²) in [5.74, 6) is -3.40. The van der Waals surface area contributed by atoms with E-state index in [1.54, 1.807) is 44.2 Å². The number of carbonyl (C=O) groups excluding carboxylic acids is 3. The highest BCUT2D eigenvalue weighted by Gasteiger charge is 2.45. The van der Waals surface area contributed by atoms with Crippen LogP contribution in [0.1, 0.15) is 32.6 Å². The fourth-order valence-electron chi connectivity index (χ4n) is 3.79. The minimum atomic E-state index is -1.49. The smallest absolute Gasteiger partial charge is 0.376 e. The first-order valence-corrected chi connectivity index (χ1v) is 12.2. The van der Waals surface area contributed by atoms with Crippen LogP contribution in [0.5, 0.6) is 0 Å². The van der Waals surface area contributed by atoms with Gasteiger partial charge in [0.1, 0.15) is 18.2 Å². The van der Waals surface area contributed by atoms with Gasteiger partial charge in [0.25, 0.3) is 6.29 Å². The van der Waals surface area contributed by atoms with Crippen LogP contribution in [-0.2, 0) is 33.3 Å². The van der Waals surface area contributed by atoms with Gasteiger partial charge in [0.2, 0.25) is 11.7 Å². The van der Waals surface area contributed by atoms with Crippen molar-refractivity contribution in [2.24, 2.45) is 28.1 Å². The maximum absolute atomic E-state index is 13.3. The Kier molecular flexibility index (Phi) is 11.7. The molecule has 2 rings (SSSR count). The van der Waals surface area contributed by atoms with Crippen LogP contribution >= 0.6 is 0 Å². The minimum absolute atomic E-state index is 0.246. The van der Waals surface area contributed by atoms with E-state index in [0.29, 0.717) is 5.56 Å². The van der Waals surface area contributed by atoms with Gasteiger partial charge in [-0.05, 0) is 12.0 Å². The summed E-state index contributed by atoms with van der Waals surface area (Å²) >= 11 is 0. The van der Waals surface area contributed by atoms with E-state index in [-0.39, 0.29) is 11.9 Å². The summed E-state index contributed by atoms with van der Waals surface area (Å²) in [6.07, 6.45) is -4.27. The first kappa shape index (κ1) is 31.5. The Balaban J connectivity index is 2.48. The lowest BCUT2D eigenvalue weighted by Crippen LogP contribution is -2.60. The lowest BCUT2D eigenvalue weighted by molar-refractivity contribution is -0.193. The summed E-state index contributed by atoms with van der Waals surface area (Å²) in [5.41, 5.74) is 17.4. The number of carbonyl (C=O) groups is 3. The average Bonchev–Trinajstić information content (AvgIpc) is 2.89. The third-order valence-corrected chi connectivity index (χ3v) is 5.84. The number of aliphatic hydroxyl groups is 2. The van der Waals surface area contributed by atoms with E-state index in [2.05, 4.69) is 10.3 Å². The van der Waals surface area contributed by atoms with Gasteiger partial charge in [-0.25, -0.2) is 9.79 Å². The van der Waals surface area contributed by atoms with Gasteiger partial charge in [-0.1, -0.05) is 44.2 Å². The molecule has 14 heteroatoms. The van der Waals surface area contributed by atoms with E-state index in [0.717, 1.165) is 0 Å². The van der Waals surface area contributed by atoms with E-state index in [1.807, 2.05) is 0 Å². The fourth-order valence-corrected chi connectivity index (χ4v) is 3.79. The summed E-state index contributed by atoms with van der Waals surface area (Å²) < 4.78 is 22.1. The van der Waals surface area contributed by atoms with Crippen molar-refractivity contribution >= 4 is 23.8 Å². The van der Waals surface area contributed by atoms with Gasteiger partial charge >= 0.3 is 11.9 Å². The topological polar surface area (TPSA) is 231 Å². The second-order valence-corrected chi connectivity index (χ2v) is 9.19. The Morgan fingerprint density at radius 2 is 1.79 bits per heavy atom. The molecule has 0 aliphatic carbocycles. The van der Waals surface area contributed by atoms with Crippen LogP contribution in [0.25, 0.3) is 0 Å². The number of methoxy groups -OCH3 is 1. The van der Waals surface area contributed by atoms with Crippen molar-refractivity contribution in [1.82, 2.24) is 5.32 Å². The molecule has 1 aliphatic rings. The summed E-state index contributed by atoms with van der Waals surface area (Å²) in [6.45, 7) is 3.99. The Morgan fingerprint density at radius 3 is 2.31 bits per heavy atom. The van der Waals surface area contributed by atoms with E-state index < -0.39 is 72.9 Å². The Hall–Kier alpha value is -3.72. The number of hydrogen-bond acceptors (Lipinski definition) is 11. The number of ether oxygens (including phenoxy) is 4. The minimum Gasteiger partial charge on any atom is -0.478 e. The summed E-state index contributed by atoms with van der Waals surface area (Å²) in [4.78, 5) is 42.0. The molecule has 0 saturated carbocycles. The molecule has 14 nitrogen and oxygen atoms in total. The van der Waals surface area contributed by atoms with E-state index >= 15 is 0 Å². The monoisotopic (exact) mass is 551 g/mol. The zero-order valence-electron chi connectivity index (χ0n) is 22.2. The summed E-state index contributed by atoms with van der Waals surface area (Å²) in [6, 6.07) is 5.13. The van der Waals surface area contributed by atoms with Gasteiger partial charge in [0, 0.05) is 19.6 Å². The molecule has 0 saturated heterocycles. The van der Waals surface area contributed by atoms with Gasteiger partial charge in [0.05, 0.1) is 18.7 Å². The zero-order valence-corrected chi connectivity index (χ0v) is 22.2. The summed E-state index contributed by atoms with van der Waals surface area (Å²) in [7, 11) is 1.24. The van der Waals surface area contributed by atoms with Gasteiger partial charge in [0.15, 0.2) is 12.1 Å². The highest BCUT2D eigenvalue weighted by Crippen LogP contribution is 2.29. The molecule has 1 amide bonds. The molecule has 39 heavy (non-hydrogen) atoms. The van der Waals surface area contributed by atoms with E-state index in [4.69, 9.17) is 36.1 Å². The maximum atomic E-state index is 13.3. The lowest BCUT2D eigenvalue weighted by atomic mass is 9.92. The second-order valence-electron chi connectivity index (χ2n) is 9.19. The van der Waals surface area contributed by atoms with Gasteiger partial charge < -0.3 is 51.7 Å². The maximum Gasteiger partial charge on any atom is 0.376 e. The number of nitrogens with one attached hydrogen (secondary N) is 1. The van der Waals surface area contributed by atoms with Crippen LogP contribution in [0.3, 0.4) is 0 Å². The molecule has 0 radical (unpaired) electrons. The second kappa shape index (κ2) is 14.4. The summed E-state index contributed by atoms with van der Waals surface area (Å²) in [5, 5.41) is 22.5. The van der Waals surface area contributed by atoms with Crippen LogP contribution in [0.2, 0.25) is 0 Å². The highest BCUT2D eigenvalue weighted by atomic mass is 16.7. The van der Waals surface area contributed by atoms with Crippen LogP contribution in [0, 0.1) is 5.92 Å². The van der Waals surface area contributed by atoms with Crippen molar-refractivity contribution in [2.45, 2.75) is 63.5 Å². The standard InChI is InChI=1S/C25H37N5O9/c1-12(2)18(26)23(35)39-24(14-8-6-5-7-9-14)38-22(34)17-10-15(30-25(27)28)19(29-13(3)32)21(37-17)20(36-4)16(33)11-31/h5-10,12,15-16,18-21,24,31,33H,11,26H2,1-4H3,(H,29,32)(H4,27,28,30)/t15-,16+,18-,19+,20-,21+,24?/m0/s1. The number of esters is 2. The number of rotatable bonds is 12. The molecule has 0 bridgehead atoms. The number of nitrogens with zero attached hydrogens (tertiary/aromatic N) is 1. The van der Waals surface area contributed by atoms with Crippen molar-refractivity contribution in [2.75, 3.05) is 13.7 Å². The van der Waals surface area contributed by atoms with Gasteiger partial charge in [-0.2, -0.15) is 0 Å². The van der Waals surface area contributed by atoms with Crippen molar-refractivity contribution < 1.29 is 43.5 Å². The van der Waals surface area contributed by atoms with Gasteiger partial charge in [-0.15, -0.1) is 0 Å². The van der Waals surface area contributed by atoms with Crippen molar-refractivity contribution in [1.29, 1.82) is 0 Å². The lowest BCUT2D eigenvalue weighted by Gasteiger charge is -2.40. The highest BCUT2D eigenvalue weighted by molar-refractivity contribution is 5.87. The Morgan fingerprint density at radius 1 is 1.15 bits per heavy atom. The predicted molar refractivity (Wildman–Crippen MR) is 138 cm³/mol. The molecule has 216 valence electrons. The SMILES string of the molecule is CO[C@H]([C@@H]1OC(C(=O)OC(OC(=O)[C@@H](N)C(C)C)c2ccccc2)=C[C@H](N=C(N)N)[C@H]1NC(C)=O)[C@H](O)CO. The molecular formula is C25H37N5O9. The molecule has 7 atom stereocenters. The van der Waals surface area contributed by atoms with E-state index in [9.17, 15) is 24.6 Å². The molecule has 0 fully saturated rings. The van der Waals surface area contributed by atoms with Crippen LogP contribution in [0.4, 0.5) is 0 Å². The van der Waals surface area contributed by atoms with Gasteiger partial charge in [-0.3, -0.25) is 9.59 Å². The van der Waals surface area contributed by atoms with Crippen LogP contribution < -0.4 is 22.5 Å². The van der Waals surface area contributed by atoms with Crippen molar-refractivity contribution in [3.8, 4) is 0 Å². The number of guanidine groups is 1. The number of benzene rings is 1. The molecule has 9 N–H and O–H groups in total. The number of amides is 1. The molecule has 1 aromatic carbocycles. The molecule has 0 aromatic heterocycles. The van der Waals surface area contributed by atoms with Crippen LogP contribution in [-0.4, -0.2) is 84.2 Å². The first-order valence-electron chi connectivity index (χ1n) is 12.2. The number of aliphatic hydroxyl groups excluding tert-OH is 2. The Bertz CT molecular complexity index is 1050. The molecule has 1 unspecified atom stereocenters. The Labute approximate surface area is 226 Å². The largest absolute Gasteiger partial charge is 0.478 e. The molecule has 1 aliphatic heterocycles. The first-order chi connectivity index (χ1) is 18.4. The fraction of sp³-hybridized carbons (Fsp3) is 0.520. The third-order valence-electron chi connectivity index (χ3n) is 5.84. The van der Waals surface area contributed by atoms with Crippen molar-refractivity contribution in [3.63, 3.8) is 0 Å². The normalized spacial score (nSPS) is 21.8. The molecular weight excluding hydrogens is 514 g/mol.